The molecule has 0 spiro atoms. The number of hydrogen-bond donors (Lipinski definition) is 0. The van der Waals surface area contributed by atoms with Gasteiger partial charge < -0.3 is 10.3 Å². The number of esters is 1. The minimum atomic E-state index is -1.51. The molecule has 6 heteroatoms. The van der Waals surface area contributed by atoms with E-state index < -0.39 is 16.8 Å². The molecule has 0 aromatic heterocycles. The maximum absolute atomic E-state index is 11.9. The van der Waals surface area contributed by atoms with E-state index in [1.807, 2.05) is 0 Å². The molecule has 3 atom stereocenters. The van der Waals surface area contributed by atoms with Crippen molar-refractivity contribution in [3.63, 3.8) is 0 Å². The van der Waals surface area contributed by atoms with E-state index in [-0.39, 0.29) is 16.4 Å². The number of hydrogen-bond acceptors (Lipinski definition) is 3. The van der Waals surface area contributed by atoms with Crippen LogP contribution in [-0.4, -0.2) is 31.4 Å². The van der Waals surface area contributed by atoms with Gasteiger partial charge in [0.25, 0.3) is 0 Å². The first kappa shape index (κ1) is 10.5. The van der Waals surface area contributed by atoms with Gasteiger partial charge in [0.05, 0.1) is 5.25 Å². The van der Waals surface area contributed by atoms with Crippen LogP contribution in [0.25, 0.3) is 5.53 Å². The highest BCUT2D eigenvalue weighted by molar-refractivity contribution is 8.03. The predicted octanol–water partition coefficient (Wildman–Crippen LogP) is 0.622. The molecule has 2 rings (SSSR count). The Balaban J connectivity index is 2.28. The Morgan fingerprint density at radius 1 is 1.33 bits per heavy atom. The molecule has 2 fully saturated rings. The van der Waals surface area contributed by atoms with Crippen LogP contribution >= 0.6 is 0 Å². The van der Waals surface area contributed by atoms with Gasteiger partial charge >= 0.3 is 11.0 Å². The standard InChI is InChI=1S/C9H12N2O3S/c10-11-8-9(12)14-6-4-2-1-3-5-7(6)15(8)13/h6-7H,1-5H2/t6-,7-,15?/m0/s1. The fraction of sp³-hybridized carbons (Fsp3) is 0.778. The van der Waals surface area contributed by atoms with Crippen LogP contribution in [0.2, 0.25) is 0 Å². The predicted molar refractivity (Wildman–Crippen MR) is 53.5 cm³/mol. The van der Waals surface area contributed by atoms with Crippen molar-refractivity contribution in [1.82, 2.24) is 0 Å². The van der Waals surface area contributed by atoms with Gasteiger partial charge in [-0.15, -0.1) is 4.79 Å². The Morgan fingerprint density at radius 3 is 2.80 bits per heavy atom. The third-order valence-electron chi connectivity index (χ3n) is 2.88. The molecule has 1 saturated carbocycles. The fourth-order valence-corrected chi connectivity index (χ4v) is 3.54. The van der Waals surface area contributed by atoms with Gasteiger partial charge in [-0.25, -0.2) is 9.00 Å². The van der Waals surface area contributed by atoms with Crippen molar-refractivity contribution in [3.8, 4) is 0 Å². The van der Waals surface area contributed by atoms with Gasteiger partial charge in [-0.1, -0.05) is 12.8 Å². The van der Waals surface area contributed by atoms with Gasteiger partial charge in [-0.3, -0.25) is 0 Å². The average Bonchev–Trinajstić information content (AvgIpc) is 2.43. The van der Waals surface area contributed by atoms with E-state index in [4.69, 9.17) is 10.3 Å². The molecule has 0 aromatic rings. The molecule has 0 bridgehead atoms. The molecule has 0 aromatic carbocycles. The zero-order chi connectivity index (χ0) is 10.8. The van der Waals surface area contributed by atoms with Crippen molar-refractivity contribution in [2.45, 2.75) is 43.5 Å². The highest BCUT2D eigenvalue weighted by Gasteiger charge is 2.47. The number of carbonyl (C=O) groups is 1. The summed E-state index contributed by atoms with van der Waals surface area (Å²) in [4.78, 5) is 14.1. The van der Waals surface area contributed by atoms with Crippen molar-refractivity contribution in [2.75, 3.05) is 0 Å². The number of ether oxygens (including phenoxy) is 1. The first-order valence-corrected chi connectivity index (χ1v) is 6.29. The smallest absolute Gasteiger partial charge is 0.452 e. The number of nitrogens with zero attached hydrogens (tertiary/aromatic N) is 2. The summed E-state index contributed by atoms with van der Waals surface area (Å²) in [6.07, 6.45) is 4.34. The Morgan fingerprint density at radius 2 is 2.07 bits per heavy atom. The third-order valence-corrected chi connectivity index (χ3v) is 4.60. The zero-order valence-corrected chi connectivity index (χ0v) is 9.03. The summed E-state index contributed by atoms with van der Waals surface area (Å²) < 4.78 is 17.0. The van der Waals surface area contributed by atoms with Gasteiger partial charge in [0.15, 0.2) is 0 Å². The number of carbonyl (C=O) groups excluding carboxylic acids is 1. The maximum atomic E-state index is 11.9. The molecule has 1 heterocycles. The van der Waals surface area contributed by atoms with E-state index in [0.29, 0.717) is 0 Å². The summed E-state index contributed by atoms with van der Waals surface area (Å²) >= 11 is 0. The molecule has 5 nitrogen and oxygen atoms in total. The monoisotopic (exact) mass is 228 g/mol. The van der Waals surface area contributed by atoms with E-state index in [2.05, 4.69) is 4.79 Å². The second-order valence-corrected chi connectivity index (χ2v) is 5.41. The summed E-state index contributed by atoms with van der Waals surface area (Å²) in [6, 6.07) is 0. The van der Waals surface area contributed by atoms with Crippen LogP contribution in [0, 0.1) is 0 Å². The van der Waals surface area contributed by atoms with Gasteiger partial charge in [0.1, 0.15) is 16.9 Å². The zero-order valence-electron chi connectivity index (χ0n) is 8.22. The molecular weight excluding hydrogens is 216 g/mol. The molecule has 1 saturated heterocycles. The lowest BCUT2D eigenvalue weighted by molar-refractivity contribution is -0.145. The van der Waals surface area contributed by atoms with Crippen molar-refractivity contribution in [1.29, 1.82) is 0 Å². The average molecular weight is 228 g/mol. The first-order valence-electron chi connectivity index (χ1n) is 5.07. The van der Waals surface area contributed by atoms with Gasteiger partial charge in [-0.05, 0) is 19.3 Å². The lowest BCUT2D eigenvalue weighted by Crippen LogP contribution is -2.46. The topological polar surface area (TPSA) is 79.8 Å². The second kappa shape index (κ2) is 4.24. The Labute approximate surface area is 89.9 Å². The van der Waals surface area contributed by atoms with Crippen molar-refractivity contribution in [2.24, 2.45) is 0 Å². The minimum Gasteiger partial charge on any atom is -0.452 e. The Bertz CT molecular complexity index is 362. The van der Waals surface area contributed by atoms with Crippen molar-refractivity contribution < 1.29 is 18.5 Å². The summed E-state index contributed by atoms with van der Waals surface area (Å²) in [5.41, 5.74) is 8.59. The van der Waals surface area contributed by atoms with E-state index in [1.165, 1.54) is 0 Å². The number of rotatable bonds is 0. The van der Waals surface area contributed by atoms with Crippen LogP contribution in [-0.2, 0) is 20.3 Å². The van der Waals surface area contributed by atoms with Crippen molar-refractivity contribution in [3.05, 3.63) is 5.53 Å². The molecule has 0 radical (unpaired) electrons. The van der Waals surface area contributed by atoms with Crippen molar-refractivity contribution >= 4 is 21.8 Å². The summed E-state index contributed by atoms with van der Waals surface area (Å²) in [6.45, 7) is 0. The maximum Gasteiger partial charge on any atom is 0.463 e. The Kier molecular flexibility index (Phi) is 2.98. The number of fused-ring (bicyclic) bond motifs is 1. The summed E-state index contributed by atoms with van der Waals surface area (Å²) in [5.74, 6) is -0.737. The first-order chi connectivity index (χ1) is 7.24. The van der Waals surface area contributed by atoms with Crippen LogP contribution in [0.5, 0.6) is 0 Å². The molecule has 1 aliphatic heterocycles. The molecule has 2 aliphatic rings. The lowest BCUT2D eigenvalue weighted by atomic mass is 10.1. The third kappa shape index (κ3) is 1.87. The molecule has 0 N–H and O–H groups in total. The molecule has 0 amide bonds. The normalized spacial score (nSPS) is 36.1. The van der Waals surface area contributed by atoms with Gasteiger partial charge in [0, 0.05) is 0 Å². The van der Waals surface area contributed by atoms with Gasteiger partial charge in [-0.2, -0.15) is 0 Å². The van der Waals surface area contributed by atoms with E-state index in [0.717, 1.165) is 32.1 Å². The van der Waals surface area contributed by atoms with Crippen LogP contribution in [0.3, 0.4) is 0 Å². The van der Waals surface area contributed by atoms with E-state index in [9.17, 15) is 9.00 Å². The fourth-order valence-electron chi connectivity index (χ4n) is 2.11. The largest absolute Gasteiger partial charge is 0.463 e. The Hall–Kier alpha value is -1.00. The molecule has 82 valence electrons. The van der Waals surface area contributed by atoms with Crippen LogP contribution in [0.1, 0.15) is 32.1 Å². The van der Waals surface area contributed by atoms with E-state index >= 15 is 0 Å². The van der Waals surface area contributed by atoms with Crippen LogP contribution in [0.15, 0.2) is 0 Å². The van der Waals surface area contributed by atoms with E-state index in [1.54, 1.807) is 0 Å². The summed E-state index contributed by atoms with van der Waals surface area (Å²) in [7, 11) is -1.51. The second-order valence-electron chi connectivity index (χ2n) is 3.82. The SMILES string of the molecule is [N-]=[N+]=C1C(=O)O[C@H]2CCCCC[C@@H]2S1=O. The molecule has 1 unspecified atom stereocenters. The highest BCUT2D eigenvalue weighted by atomic mass is 32.2. The quantitative estimate of drug-likeness (QED) is 0.346. The molecular formula is C9H12N2O3S. The van der Waals surface area contributed by atoms with Crippen LogP contribution < -0.4 is 0 Å². The molecule has 1 aliphatic carbocycles. The highest BCUT2D eigenvalue weighted by Crippen LogP contribution is 2.28. The minimum absolute atomic E-state index is 0.184. The van der Waals surface area contributed by atoms with Gasteiger partial charge in [0.2, 0.25) is 0 Å². The molecule has 15 heavy (non-hydrogen) atoms. The van der Waals surface area contributed by atoms with Crippen LogP contribution in [0.4, 0.5) is 0 Å². The summed E-state index contributed by atoms with van der Waals surface area (Å²) in [5, 5.41) is -0.519. The lowest BCUT2D eigenvalue weighted by Gasteiger charge is -2.25.